The van der Waals surface area contributed by atoms with Crippen LogP contribution in [0.3, 0.4) is 0 Å². The molecular formula is C15H15F5OS3. The van der Waals surface area contributed by atoms with Crippen LogP contribution in [0.2, 0.25) is 0 Å². The lowest BCUT2D eigenvalue weighted by molar-refractivity contribution is -0.0905. The number of halogens is 5. The summed E-state index contributed by atoms with van der Waals surface area (Å²) in [5.74, 6) is 1.26. The lowest BCUT2D eigenvalue weighted by atomic mass is 10.1. The average molecular weight is 402 g/mol. The van der Waals surface area contributed by atoms with Gasteiger partial charge in [-0.15, -0.1) is 23.5 Å². The Balaban J connectivity index is 2.17. The van der Waals surface area contributed by atoms with E-state index in [1.54, 1.807) is 11.8 Å². The Bertz CT molecular complexity index is 551. The van der Waals surface area contributed by atoms with E-state index in [4.69, 9.17) is 0 Å². The van der Waals surface area contributed by atoms with Crippen LogP contribution in [-0.2, 0) is 0 Å². The first-order chi connectivity index (χ1) is 11.3. The standard InChI is InChI=1S/C15H15F5OS3/c1-22-11-7-23-13(24-8-11)12(15(18,19)20)6-9-2-4-10(5-3-9)21-14(16)17/h2-6,11,13-14H,7-8H2,1H3. The molecule has 0 spiro atoms. The Kier molecular flexibility index (Phi) is 7.18. The van der Waals surface area contributed by atoms with Gasteiger partial charge < -0.3 is 4.74 Å². The van der Waals surface area contributed by atoms with Crippen molar-refractivity contribution < 1.29 is 26.7 Å². The van der Waals surface area contributed by atoms with E-state index in [9.17, 15) is 22.0 Å². The van der Waals surface area contributed by atoms with Crippen molar-refractivity contribution in [3.8, 4) is 5.75 Å². The lowest BCUT2D eigenvalue weighted by Crippen LogP contribution is -2.26. The fourth-order valence-electron chi connectivity index (χ4n) is 2.01. The number of hydrogen-bond acceptors (Lipinski definition) is 4. The minimum Gasteiger partial charge on any atom is -0.435 e. The zero-order chi connectivity index (χ0) is 17.7. The van der Waals surface area contributed by atoms with Gasteiger partial charge in [-0.05, 0) is 30.0 Å². The van der Waals surface area contributed by atoms with E-state index >= 15 is 0 Å². The Morgan fingerprint density at radius 2 is 1.79 bits per heavy atom. The first kappa shape index (κ1) is 19.8. The first-order valence-corrected chi connectivity index (χ1v) is 10.3. The molecule has 0 bridgehead atoms. The molecule has 9 heteroatoms. The maximum Gasteiger partial charge on any atom is 0.414 e. The van der Waals surface area contributed by atoms with Crippen LogP contribution in [-0.4, -0.2) is 40.4 Å². The summed E-state index contributed by atoms with van der Waals surface area (Å²) in [6.45, 7) is -2.96. The number of rotatable bonds is 5. The minimum absolute atomic E-state index is 0.0834. The molecule has 0 saturated carbocycles. The van der Waals surface area contributed by atoms with Crippen molar-refractivity contribution in [1.82, 2.24) is 0 Å². The van der Waals surface area contributed by atoms with Crippen LogP contribution in [0.4, 0.5) is 22.0 Å². The molecule has 1 nitrogen and oxygen atoms in total. The highest BCUT2D eigenvalue weighted by Gasteiger charge is 2.40. The van der Waals surface area contributed by atoms with E-state index in [2.05, 4.69) is 4.74 Å². The van der Waals surface area contributed by atoms with Gasteiger partial charge in [-0.1, -0.05) is 12.1 Å². The van der Waals surface area contributed by atoms with Gasteiger partial charge >= 0.3 is 12.8 Å². The van der Waals surface area contributed by atoms with E-state index in [-0.39, 0.29) is 5.75 Å². The van der Waals surface area contributed by atoms with E-state index < -0.39 is 22.9 Å². The average Bonchev–Trinajstić information content (AvgIpc) is 2.53. The van der Waals surface area contributed by atoms with Crippen LogP contribution < -0.4 is 4.74 Å². The monoisotopic (exact) mass is 402 g/mol. The Morgan fingerprint density at radius 3 is 2.25 bits per heavy atom. The van der Waals surface area contributed by atoms with E-state index in [1.165, 1.54) is 47.8 Å². The van der Waals surface area contributed by atoms with Gasteiger partial charge in [-0.3, -0.25) is 0 Å². The second-order valence-corrected chi connectivity index (χ2v) is 8.61. The first-order valence-electron chi connectivity index (χ1n) is 6.89. The molecule has 1 aliphatic heterocycles. The second-order valence-electron chi connectivity index (χ2n) is 4.90. The number of hydrogen-bond donors (Lipinski definition) is 0. The molecule has 134 valence electrons. The summed E-state index contributed by atoms with van der Waals surface area (Å²) in [7, 11) is 0. The van der Waals surface area contributed by atoms with Crippen molar-refractivity contribution in [2.75, 3.05) is 17.8 Å². The third kappa shape index (κ3) is 5.77. The van der Waals surface area contributed by atoms with Gasteiger partial charge in [0.1, 0.15) is 5.75 Å². The molecule has 1 aromatic carbocycles. The van der Waals surface area contributed by atoms with Gasteiger partial charge in [0.2, 0.25) is 0 Å². The molecule has 1 saturated heterocycles. The molecule has 0 radical (unpaired) electrons. The van der Waals surface area contributed by atoms with E-state index in [0.717, 1.165) is 6.08 Å². The van der Waals surface area contributed by atoms with Crippen LogP contribution >= 0.6 is 35.3 Å². The minimum atomic E-state index is -4.44. The molecule has 0 aromatic heterocycles. The number of benzene rings is 1. The summed E-state index contributed by atoms with van der Waals surface area (Å²) < 4.78 is 67.9. The molecule has 24 heavy (non-hydrogen) atoms. The largest absolute Gasteiger partial charge is 0.435 e. The molecule has 1 heterocycles. The van der Waals surface area contributed by atoms with Crippen molar-refractivity contribution in [1.29, 1.82) is 0 Å². The highest BCUT2D eigenvalue weighted by molar-refractivity contribution is 8.19. The number of alkyl halides is 5. The zero-order valence-corrected chi connectivity index (χ0v) is 15.0. The fourth-order valence-corrected chi connectivity index (χ4v) is 6.35. The van der Waals surface area contributed by atoms with Gasteiger partial charge in [0, 0.05) is 16.8 Å². The van der Waals surface area contributed by atoms with Crippen LogP contribution in [0.1, 0.15) is 5.56 Å². The lowest BCUT2D eigenvalue weighted by Gasteiger charge is -2.29. The molecule has 1 fully saturated rings. The van der Waals surface area contributed by atoms with Gasteiger partial charge in [0.05, 0.1) is 10.2 Å². The maximum absolute atomic E-state index is 13.4. The summed E-state index contributed by atoms with van der Waals surface area (Å²) in [5.41, 5.74) is -0.309. The van der Waals surface area contributed by atoms with Crippen LogP contribution in [0.25, 0.3) is 6.08 Å². The second kappa shape index (κ2) is 8.71. The fraction of sp³-hybridized carbons (Fsp3) is 0.467. The topological polar surface area (TPSA) is 9.23 Å². The summed E-state index contributed by atoms with van der Waals surface area (Å²) in [5, 5.41) is 0.358. The summed E-state index contributed by atoms with van der Waals surface area (Å²) in [6.07, 6.45) is -1.40. The highest BCUT2D eigenvalue weighted by Crippen LogP contribution is 2.45. The number of ether oxygens (including phenoxy) is 1. The molecule has 2 rings (SSSR count). The van der Waals surface area contributed by atoms with E-state index in [1.807, 2.05) is 6.26 Å². The third-order valence-electron chi connectivity index (χ3n) is 3.21. The van der Waals surface area contributed by atoms with Gasteiger partial charge in [0.25, 0.3) is 0 Å². The van der Waals surface area contributed by atoms with Gasteiger partial charge in [0.15, 0.2) is 0 Å². The maximum atomic E-state index is 13.4. The smallest absolute Gasteiger partial charge is 0.414 e. The highest BCUT2D eigenvalue weighted by atomic mass is 32.2. The van der Waals surface area contributed by atoms with Crippen molar-refractivity contribution in [2.24, 2.45) is 0 Å². The Hall–Kier alpha value is -0.540. The summed E-state index contributed by atoms with van der Waals surface area (Å²) >= 11 is 4.24. The molecule has 0 atom stereocenters. The Morgan fingerprint density at radius 1 is 1.21 bits per heavy atom. The van der Waals surface area contributed by atoms with E-state index in [0.29, 0.717) is 22.3 Å². The SMILES string of the molecule is CSC1CSC(C(=Cc2ccc(OC(F)F)cc2)C(F)(F)F)SC1. The summed E-state index contributed by atoms with van der Waals surface area (Å²) in [6, 6.07) is 5.15. The molecular weight excluding hydrogens is 387 g/mol. The van der Waals surface area contributed by atoms with Crippen LogP contribution in [0, 0.1) is 0 Å². The molecule has 0 unspecified atom stereocenters. The van der Waals surface area contributed by atoms with Crippen LogP contribution in [0.15, 0.2) is 29.8 Å². The molecule has 0 aliphatic carbocycles. The predicted molar refractivity (Wildman–Crippen MR) is 93.1 cm³/mol. The van der Waals surface area contributed by atoms with Gasteiger partial charge in [-0.25, -0.2) is 0 Å². The Labute approximate surface area is 149 Å². The molecule has 0 amide bonds. The molecule has 0 N–H and O–H groups in total. The normalized spacial score (nSPS) is 22.7. The predicted octanol–water partition coefficient (Wildman–Crippen LogP) is 5.77. The quantitative estimate of drug-likeness (QED) is 0.578. The van der Waals surface area contributed by atoms with Crippen molar-refractivity contribution >= 4 is 41.4 Å². The van der Waals surface area contributed by atoms with Crippen LogP contribution in [0.5, 0.6) is 5.75 Å². The summed E-state index contributed by atoms with van der Waals surface area (Å²) in [4.78, 5) is 0. The van der Waals surface area contributed by atoms with Gasteiger partial charge in [-0.2, -0.15) is 33.7 Å². The van der Waals surface area contributed by atoms with Crippen molar-refractivity contribution in [3.63, 3.8) is 0 Å². The zero-order valence-electron chi connectivity index (χ0n) is 12.6. The third-order valence-corrected chi connectivity index (χ3v) is 7.75. The van der Waals surface area contributed by atoms with Crippen molar-refractivity contribution in [3.05, 3.63) is 35.4 Å². The molecule has 1 aromatic rings. The molecule has 1 aliphatic rings. The van der Waals surface area contributed by atoms with Crippen molar-refractivity contribution in [2.45, 2.75) is 22.6 Å². The number of thioether (sulfide) groups is 3.